The zero-order chi connectivity index (χ0) is 4.00. The van der Waals surface area contributed by atoms with Gasteiger partial charge in [-0.1, -0.05) is 0 Å². The van der Waals surface area contributed by atoms with Crippen LogP contribution in [0.15, 0.2) is 0 Å². The van der Waals surface area contributed by atoms with Crippen molar-refractivity contribution in [2.45, 2.75) is 13.8 Å². The summed E-state index contributed by atoms with van der Waals surface area (Å²) >= 11 is 0. The van der Waals surface area contributed by atoms with Gasteiger partial charge in [-0.25, -0.2) is 0 Å². The topological polar surface area (TPSA) is 0 Å². The average Bonchev–Trinajstić information content (AvgIpc) is 1.50. The molecular weight excluding hydrogens is 205 g/mol. The van der Waals surface area contributed by atoms with E-state index in [0.717, 1.165) is 0 Å². The summed E-state index contributed by atoms with van der Waals surface area (Å²) in [6.07, 6.45) is 0. The predicted molar refractivity (Wildman–Crippen MR) is 22.1 cm³/mol. The first-order valence-corrected chi connectivity index (χ1v) is 1.41. The second kappa shape index (κ2) is 222. The SMILES string of the molecule is [CH2-]C.[CH2-]C.[Cl-].[Cl-].[Cl-].[V]. The van der Waals surface area contributed by atoms with Gasteiger partial charge in [-0.15, -0.1) is 0 Å². The molecule has 57 valence electrons. The first kappa shape index (κ1) is 56.6. The van der Waals surface area contributed by atoms with E-state index in [-0.39, 0.29) is 55.8 Å². The molecule has 0 fully saturated rings. The summed E-state index contributed by atoms with van der Waals surface area (Å²) < 4.78 is 0. The van der Waals surface area contributed by atoms with Crippen LogP contribution in [-0.4, -0.2) is 0 Å². The van der Waals surface area contributed by atoms with Gasteiger partial charge in [-0.3, -0.25) is 0 Å². The first-order valence-electron chi connectivity index (χ1n) is 1.41. The molecule has 0 nitrogen and oxygen atoms in total. The molecule has 0 rings (SSSR count). The molecule has 0 bridgehead atoms. The molecule has 0 aliphatic rings. The molecule has 0 amide bonds. The standard InChI is InChI=1S/2C2H5.3ClH.V/c2*1-2;;;;/h2*1H2,2H3;3*1H;/q2*-1;;;;/p-3. The average molecular weight is 215 g/mol. The Kier molecular flexibility index (Phi) is 1570. The third kappa shape index (κ3) is 147. The van der Waals surface area contributed by atoms with E-state index in [1.807, 2.05) is 0 Å². The summed E-state index contributed by atoms with van der Waals surface area (Å²) in [6, 6.07) is 0. The Labute approximate surface area is 83.3 Å². The third-order valence-electron chi connectivity index (χ3n) is 0. The van der Waals surface area contributed by atoms with Crippen LogP contribution in [0, 0.1) is 13.8 Å². The van der Waals surface area contributed by atoms with Crippen LogP contribution in [0.2, 0.25) is 0 Å². The van der Waals surface area contributed by atoms with Gasteiger partial charge in [-0.05, 0) is 0 Å². The maximum absolute atomic E-state index is 3.25. The van der Waals surface area contributed by atoms with Gasteiger partial charge < -0.3 is 51.1 Å². The molecule has 0 spiro atoms. The predicted octanol–water partition coefficient (Wildman–Crippen LogP) is -7.31. The van der Waals surface area contributed by atoms with E-state index in [9.17, 15) is 0 Å². The molecule has 0 aliphatic carbocycles. The monoisotopic (exact) mass is 214 g/mol. The van der Waals surface area contributed by atoms with Crippen LogP contribution < -0.4 is 37.2 Å². The fourth-order valence-corrected chi connectivity index (χ4v) is 0. The molecule has 0 unspecified atom stereocenters. The van der Waals surface area contributed by atoms with Crippen molar-refractivity contribution in [3.05, 3.63) is 13.8 Å². The van der Waals surface area contributed by atoms with Crippen molar-refractivity contribution in [2.75, 3.05) is 0 Å². The molecule has 0 saturated carbocycles. The van der Waals surface area contributed by atoms with Crippen molar-refractivity contribution < 1.29 is 55.8 Å². The number of rotatable bonds is 0. The second-order valence-corrected chi connectivity index (χ2v) is 0. The summed E-state index contributed by atoms with van der Waals surface area (Å²) in [6.45, 7) is 10.0. The van der Waals surface area contributed by atoms with E-state index in [1.54, 1.807) is 13.8 Å². The molecule has 0 N–H and O–H groups in total. The van der Waals surface area contributed by atoms with E-state index < -0.39 is 0 Å². The molecule has 4 heteroatoms. The van der Waals surface area contributed by atoms with Crippen LogP contribution >= 0.6 is 0 Å². The quantitative estimate of drug-likeness (QED) is 0.352. The summed E-state index contributed by atoms with van der Waals surface area (Å²) in [5.41, 5.74) is 0. The van der Waals surface area contributed by atoms with Crippen LogP contribution in [0.3, 0.4) is 0 Å². The Balaban J connectivity index is -0.00000000167. The normalized spacial score (nSPS) is 1.50. The van der Waals surface area contributed by atoms with E-state index in [2.05, 4.69) is 13.8 Å². The summed E-state index contributed by atoms with van der Waals surface area (Å²) in [4.78, 5) is 0. The van der Waals surface area contributed by atoms with E-state index in [0.29, 0.717) is 0 Å². The Morgan fingerprint density at radius 2 is 0.625 bits per heavy atom. The molecule has 0 aliphatic heterocycles. The second-order valence-electron chi connectivity index (χ2n) is 0. The smallest absolute Gasteiger partial charge is 0 e. The van der Waals surface area contributed by atoms with Gasteiger partial charge in [0.15, 0.2) is 0 Å². The number of hydrogen-bond donors (Lipinski definition) is 0. The van der Waals surface area contributed by atoms with Crippen LogP contribution in [0.1, 0.15) is 13.8 Å². The van der Waals surface area contributed by atoms with Crippen LogP contribution in [0.5, 0.6) is 0 Å². The molecule has 0 heterocycles. The zero-order valence-corrected chi connectivity index (χ0v) is 8.66. The van der Waals surface area contributed by atoms with Gasteiger partial charge in [0.05, 0.1) is 0 Å². The van der Waals surface area contributed by atoms with E-state index in [1.165, 1.54) is 0 Å². The van der Waals surface area contributed by atoms with Crippen LogP contribution in [-0.2, 0) is 18.6 Å². The molecule has 1 radical (unpaired) electrons. The minimum absolute atomic E-state index is 0. The van der Waals surface area contributed by atoms with Crippen molar-refractivity contribution in [2.24, 2.45) is 0 Å². The van der Waals surface area contributed by atoms with E-state index >= 15 is 0 Å². The zero-order valence-electron chi connectivity index (χ0n) is 5.00. The Hall–Kier alpha value is 1.45. The molecule has 0 aromatic carbocycles. The molecule has 0 aromatic rings. The third-order valence-corrected chi connectivity index (χ3v) is 0. The number of halogens is 3. The molecule has 8 heavy (non-hydrogen) atoms. The maximum atomic E-state index is 3.25. The van der Waals surface area contributed by atoms with Crippen LogP contribution in [0.25, 0.3) is 0 Å². The van der Waals surface area contributed by atoms with Crippen molar-refractivity contribution in [3.63, 3.8) is 0 Å². The van der Waals surface area contributed by atoms with E-state index in [4.69, 9.17) is 0 Å². The van der Waals surface area contributed by atoms with Crippen LogP contribution in [0.4, 0.5) is 0 Å². The van der Waals surface area contributed by atoms with Gasteiger partial charge in [0, 0.05) is 18.6 Å². The Morgan fingerprint density at radius 3 is 0.625 bits per heavy atom. The Bertz CT molecular complexity index is 11.2. The maximum Gasteiger partial charge on any atom is 0 e. The first-order chi connectivity index (χ1) is 2.00. The fraction of sp³-hybridized carbons (Fsp3) is 0.500. The van der Waals surface area contributed by atoms with Gasteiger partial charge in [0.1, 0.15) is 0 Å². The number of hydrogen-bond acceptors (Lipinski definition) is 0. The largest absolute Gasteiger partial charge is 1.00 e. The minimum Gasteiger partial charge on any atom is -1.00 e. The van der Waals surface area contributed by atoms with Gasteiger partial charge in [-0.2, -0.15) is 13.8 Å². The van der Waals surface area contributed by atoms with Crippen molar-refractivity contribution >= 4 is 0 Å². The summed E-state index contributed by atoms with van der Waals surface area (Å²) in [7, 11) is 0. The van der Waals surface area contributed by atoms with Gasteiger partial charge >= 0.3 is 0 Å². The summed E-state index contributed by atoms with van der Waals surface area (Å²) in [5, 5.41) is 0. The van der Waals surface area contributed by atoms with Gasteiger partial charge in [0.25, 0.3) is 0 Å². The molecule has 0 atom stereocenters. The molecule has 0 saturated heterocycles. The summed E-state index contributed by atoms with van der Waals surface area (Å²) in [5.74, 6) is 0. The van der Waals surface area contributed by atoms with Crippen molar-refractivity contribution in [1.82, 2.24) is 0 Å². The Morgan fingerprint density at radius 1 is 0.625 bits per heavy atom. The van der Waals surface area contributed by atoms with Crippen molar-refractivity contribution in [1.29, 1.82) is 0 Å². The molecule has 0 aromatic heterocycles. The fourth-order valence-electron chi connectivity index (χ4n) is 0. The minimum atomic E-state index is 0. The molecular formula is C4H10Cl3V-5. The van der Waals surface area contributed by atoms with Crippen molar-refractivity contribution in [3.8, 4) is 0 Å². The van der Waals surface area contributed by atoms with Gasteiger partial charge in [0.2, 0.25) is 0 Å².